The van der Waals surface area contributed by atoms with Crippen LogP contribution >= 0.6 is 22.7 Å². The van der Waals surface area contributed by atoms with E-state index >= 15 is 0 Å². The Morgan fingerprint density at radius 2 is 1.55 bits per heavy atom. The summed E-state index contributed by atoms with van der Waals surface area (Å²) in [6.07, 6.45) is 2.73. The number of anilines is 2. The summed E-state index contributed by atoms with van der Waals surface area (Å²) < 4.78 is 11.6. The third-order valence-corrected chi connectivity index (χ3v) is 16.2. The van der Waals surface area contributed by atoms with Crippen LogP contribution in [0.4, 0.5) is 10.9 Å². The maximum Gasteiger partial charge on any atom is 0.255 e. The molecule has 0 bridgehead atoms. The zero-order valence-electron chi connectivity index (χ0n) is 44.7. The summed E-state index contributed by atoms with van der Waals surface area (Å²) >= 11 is 2.90. The fourth-order valence-electron chi connectivity index (χ4n) is 10.2. The van der Waals surface area contributed by atoms with Crippen molar-refractivity contribution in [3.8, 4) is 21.6 Å². The highest BCUT2D eigenvalue weighted by molar-refractivity contribution is 7.14. The Kier molecular flexibility index (Phi) is 18.1. The van der Waals surface area contributed by atoms with E-state index in [0.29, 0.717) is 37.1 Å². The van der Waals surface area contributed by atoms with E-state index in [1.807, 2.05) is 131 Å². The highest BCUT2D eigenvalue weighted by atomic mass is 32.1. The van der Waals surface area contributed by atoms with Crippen molar-refractivity contribution >= 4 is 63.2 Å². The molecule has 20 heteroatoms. The van der Waals surface area contributed by atoms with E-state index < -0.39 is 35.6 Å². The zero-order chi connectivity index (χ0) is 54.9. The van der Waals surface area contributed by atoms with Gasteiger partial charge in [0.25, 0.3) is 11.8 Å². The van der Waals surface area contributed by atoms with Gasteiger partial charge in [0.1, 0.15) is 23.9 Å². The molecule has 3 aliphatic rings. The molecule has 2 fully saturated rings. The maximum absolute atomic E-state index is 14.1. The van der Waals surface area contributed by atoms with Crippen molar-refractivity contribution in [2.75, 3.05) is 75.9 Å². The van der Waals surface area contributed by atoms with E-state index in [1.165, 1.54) is 16.2 Å². The van der Waals surface area contributed by atoms with Gasteiger partial charge in [-0.2, -0.15) is 0 Å². The van der Waals surface area contributed by atoms with Gasteiger partial charge in [-0.3, -0.25) is 34.2 Å². The Balaban J connectivity index is 0.667. The van der Waals surface area contributed by atoms with Crippen LogP contribution in [-0.2, 0) is 35.2 Å². The van der Waals surface area contributed by atoms with E-state index in [0.717, 1.165) is 82.5 Å². The molecule has 3 aromatic heterocycles. The number of aliphatic hydroxyl groups excluding tert-OH is 1. The predicted molar refractivity (Wildman–Crippen MR) is 301 cm³/mol. The number of aliphatic hydroxyl groups is 1. The number of amides is 5. The predicted octanol–water partition coefficient (Wildman–Crippen LogP) is 6.89. The van der Waals surface area contributed by atoms with E-state index in [1.54, 1.807) is 27.8 Å². The number of aromatic nitrogens is 3. The van der Waals surface area contributed by atoms with Gasteiger partial charge in [0.2, 0.25) is 17.7 Å². The Morgan fingerprint density at radius 3 is 2.23 bits per heavy atom. The number of hydrogen-bond donors (Lipinski definition) is 4. The molecule has 0 spiro atoms. The number of ether oxygens (including phenoxy) is 2. The molecule has 5 amide bonds. The van der Waals surface area contributed by atoms with Crippen LogP contribution in [0.5, 0.6) is 0 Å². The van der Waals surface area contributed by atoms with Gasteiger partial charge in [-0.05, 0) is 65.3 Å². The van der Waals surface area contributed by atoms with Gasteiger partial charge in [0.15, 0.2) is 5.13 Å². The molecule has 0 radical (unpaired) electrons. The number of carbonyl (C=O) groups excluding carboxylic acids is 5. The molecule has 6 heterocycles. The highest BCUT2D eigenvalue weighted by Crippen LogP contribution is 2.36. The second-order valence-electron chi connectivity index (χ2n) is 21.0. The molecule has 78 heavy (non-hydrogen) atoms. The number of likely N-dealkylation sites (tertiary alicyclic amines) is 1. The average Bonchev–Trinajstić information content (AvgIpc) is 4.46. The second-order valence-corrected chi connectivity index (χ2v) is 22.8. The Hall–Kier alpha value is -6.94. The summed E-state index contributed by atoms with van der Waals surface area (Å²) in [5, 5.41) is 21.8. The molecule has 0 saturated carbocycles. The van der Waals surface area contributed by atoms with Crippen LogP contribution in [-0.4, -0.2) is 148 Å². The summed E-state index contributed by atoms with van der Waals surface area (Å²) in [6, 6.07) is 24.2. The molecule has 3 aromatic carbocycles. The van der Waals surface area contributed by atoms with Gasteiger partial charge < -0.3 is 39.9 Å². The number of nitrogens with zero attached hydrogens (tertiary/aromatic N) is 7. The fourth-order valence-corrected chi connectivity index (χ4v) is 11.5. The second kappa shape index (κ2) is 25.2. The number of nitrogens with one attached hydrogen (secondary N) is 3. The van der Waals surface area contributed by atoms with Crippen molar-refractivity contribution in [1.82, 2.24) is 40.3 Å². The summed E-state index contributed by atoms with van der Waals surface area (Å²) in [5.74, 6) is -0.771. The van der Waals surface area contributed by atoms with Crippen LogP contribution in [0.25, 0.3) is 21.6 Å². The summed E-state index contributed by atoms with van der Waals surface area (Å²) in [7, 11) is 0. The quantitative estimate of drug-likeness (QED) is 0.0542. The normalized spacial score (nSPS) is 17.9. The third-order valence-electron chi connectivity index (χ3n) is 14.5. The number of rotatable bonds is 21. The molecule has 4 N–H and O–H groups in total. The van der Waals surface area contributed by atoms with Crippen molar-refractivity contribution in [2.45, 2.75) is 84.3 Å². The van der Waals surface area contributed by atoms with Gasteiger partial charge in [0, 0.05) is 87.6 Å². The largest absolute Gasteiger partial charge is 0.391 e. The first kappa shape index (κ1) is 55.8. The van der Waals surface area contributed by atoms with Crippen molar-refractivity contribution in [3.63, 3.8) is 0 Å². The van der Waals surface area contributed by atoms with E-state index in [9.17, 15) is 29.1 Å². The smallest absolute Gasteiger partial charge is 0.255 e. The number of fused-ring (bicyclic) bond motifs is 1. The van der Waals surface area contributed by atoms with Gasteiger partial charge in [-0.15, -0.1) is 22.7 Å². The molecular weight excluding hydrogens is 1030 g/mol. The minimum atomic E-state index is -0.935. The number of β-amino-alcohol motifs (C(OH)–C–C–N with tert-alkyl or cyclic N) is 1. The Bertz CT molecular complexity index is 3020. The van der Waals surface area contributed by atoms with Crippen molar-refractivity contribution in [2.24, 2.45) is 5.41 Å². The molecule has 410 valence electrons. The number of aryl methyl sites for hydroxylation is 1. The lowest BCUT2D eigenvalue weighted by atomic mass is 9.85. The molecule has 0 aliphatic carbocycles. The molecule has 5 atom stereocenters. The molecule has 18 nitrogen and oxygen atoms in total. The van der Waals surface area contributed by atoms with Crippen LogP contribution in [0.3, 0.4) is 0 Å². The molecule has 3 aliphatic heterocycles. The van der Waals surface area contributed by atoms with Crippen molar-refractivity contribution in [1.29, 1.82) is 0 Å². The van der Waals surface area contributed by atoms with Crippen LogP contribution in [0.2, 0.25) is 0 Å². The monoisotopic (exact) mass is 1100 g/mol. The zero-order valence-corrected chi connectivity index (χ0v) is 46.4. The lowest BCUT2D eigenvalue weighted by Crippen LogP contribution is -2.58. The molecule has 2 saturated heterocycles. The number of thiazole rings is 2. The minimum Gasteiger partial charge on any atom is -0.391 e. The maximum atomic E-state index is 14.1. The van der Waals surface area contributed by atoms with Crippen molar-refractivity contribution in [3.05, 3.63) is 136 Å². The number of pyridine rings is 1. The summed E-state index contributed by atoms with van der Waals surface area (Å²) in [6.45, 7) is 15.2. The molecule has 9 rings (SSSR count). The minimum absolute atomic E-state index is 0.00907. The van der Waals surface area contributed by atoms with Crippen LogP contribution in [0, 0.1) is 12.3 Å². The Morgan fingerprint density at radius 1 is 0.821 bits per heavy atom. The first-order chi connectivity index (χ1) is 37.6. The van der Waals surface area contributed by atoms with Gasteiger partial charge in [-0.1, -0.05) is 87.5 Å². The van der Waals surface area contributed by atoms with E-state index in [-0.39, 0.29) is 55.7 Å². The van der Waals surface area contributed by atoms with Gasteiger partial charge >= 0.3 is 0 Å². The molecular formula is C58H68N10O8S2. The number of carbonyl (C=O) groups is 5. The SMILES string of the molecule is Cc1ncsc1-c1ccc(C(C)NC(=O)[C@@H]2C[C@@H](O)CN2C(=O)C(NC(=O)CCOCCOCCN2CCN(c3ccc(-c4ccc5c(c4)C(=O)N(C(C(=O)Nc4nccs4)c4ccccc4)C5)cn3)CC2)C(C)(C)C)cc1. The lowest BCUT2D eigenvalue weighted by molar-refractivity contribution is -0.144. The summed E-state index contributed by atoms with van der Waals surface area (Å²) in [5.41, 5.74) is 7.97. The number of hydrogen-bond acceptors (Lipinski definition) is 15. The van der Waals surface area contributed by atoms with Crippen molar-refractivity contribution < 1.29 is 38.6 Å². The fraction of sp³-hybridized carbons (Fsp3) is 0.414. The van der Waals surface area contributed by atoms with E-state index in [2.05, 4.69) is 35.7 Å². The Labute approximate surface area is 463 Å². The highest BCUT2D eigenvalue weighted by Gasteiger charge is 2.45. The topological polar surface area (TPSA) is 212 Å². The number of benzene rings is 3. The molecule has 6 aromatic rings. The van der Waals surface area contributed by atoms with Crippen LogP contribution in [0.1, 0.15) is 85.4 Å². The standard InChI is InChI=1S/C58H68N10O8S2/c1-37(39-11-13-41(14-12-39)51-38(2)61-36-78-51)62-53(71)47-32-45(69)35-67(47)56(74)52(58(3,4)5)63-49(70)19-26-75-28-29-76-27-25-65-21-23-66(24-22-65)48-18-17-43(33-60-48)42-15-16-44-34-68(55(73)46(44)31-42)50(40-9-7-6-8-10-40)54(72)64-57-59-20-30-77-57/h6-18,20,30-31,33,36-37,45,47,50,52,69H,19,21-29,32,34-35H2,1-5H3,(H,62,71)(H,63,70)(H,59,64,72)/t37?,45-,47+,50?,52?/m1/s1. The van der Waals surface area contributed by atoms with Crippen LogP contribution < -0.4 is 20.9 Å². The third kappa shape index (κ3) is 13.5. The average molecular weight is 1100 g/mol. The van der Waals surface area contributed by atoms with Crippen LogP contribution in [0.15, 0.2) is 108 Å². The lowest BCUT2D eigenvalue weighted by Gasteiger charge is -2.35. The van der Waals surface area contributed by atoms with Gasteiger partial charge in [0.05, 0.1) is 54.7 Å². The first-order valence-corrected chi connectivity index (χ1v) is 28.2. The first-order valence-electron chi connectivity index (χ1n) is 26.5. The molecule has 3 unspecified atom stereocenters. The van der Waals surface area contributed by atoms with E-state index in [4.69, 9.17) is 14.5 Å². The number of piperazine rings is 1. The summed E-state index contributed by atoms with van der Waals surface area (Å²) in [4.78, 5) is 90.7. The van der Waals surface area contributed by atoms with Gasteiger partial charge in [-0.25, -0.2) is 15.0 Å².